The lowest BCUT2D eigenvalue weighted by atomic mass is 10.1. The normalized spacial score (nSPS) is 15.1. The second-order valence-corrected chi connectivity index (χ2v) is 6.97. The van der Waals surface area contributed by atoms with Crippen LogP contribution in [0.25, 0.3) is 0 Å². The van der Waals surface area contributed by atoms with Crippen LogP contribution in [0.2, 0.25) is 0 Å². The van der Waals surface area contributed by atoms with Gasteiger partial charge in [-0.3, -0.25) is 4.90 Å². The summed E-state index contributed by atoms with van der Waals surface area (Å²) in [6, 6.07) is 8.53. The number of aromatic nitrogens is 2. The highest BCUT2D eigenvalue weighted by Crippen LogP contribution is 2.16. The zero-order chi connectivity index (χ0) is 18.7. The van der Waals surface area contributed by atoms with Gasteiger partial charge in [0.15, 0.2) is 0 Å². The fourth-order valence-electron chi connectivity index (χ4n) is 3.12. The van der Waals surface area contributed by atoms with E-state index in [1.165, 1.54) is 15.8 Å². The standard InChI is InChI=1S/C20H27N5O/c1-16(2)22(4)19-13-21-25(15-19)20(26)24-10-8-23(9-11-24)14-18-7-5-6-17(3)12-18/h5-7,12-13,15H,1,8-11,14H2,2-4H3. The van der Waals surface area contributed by atoms with Crippen LogP contribution in [0.4, 0.5) is 10.5 Å². The van der Waals surface area contributed by atoms with Gasteiger partial charge in [0, 0.05) is 45.5 Å². The van der Waals surface area contributed by atoms with E-state index in [0.717, 1.165) is 44.1 Å². The molecule has 3 rings (SSSR count). The van der Waals surface area contributed by atoms with E-state index >= 15 is 0 Å². The van der Waals surface area contributed by atoms with Crippen LogP contribution in [0.3, 0.4) is 0 Å². The van der Waals surface area contributed by atoms with Crippen LogP contribution in [-0.2, 0) is 6.54 Å². The SMILES string of the molecule is C=C(C)N(C)c1cnn(C(=O)N2CCN(Cc3cccc(C)c3)CC2)c1. The van der Waals surface area contributed by atoms with Crippen molar-refractivity contribution in [1.29, 1.82) is 0 Å². The minimum Gasteiger partial charge on any atom is -0.347 e. The van der Waals surface area contributed by atoms with Crippen molar-refractivity contribution in [2.45, 2.75) is 20.4 Å². The molecule has 6 nitrogen and oxygen atoms in total. The number of anilines is 1. The van der Waals surface area contributed by atoms with Crippen molar-refractivity contribution >= 4 is 11.7 Å². The molecule has 0 unspecified atom stereocenters. The Morgan fingerprint density at radius 3 is 2.65 bits per heavy atom. The molecular formula is C20H27N5O. The molecule has 0 radical (unpaired) electrons. The van der Waals surface area contributed by atoms with E-state index in [1.54, 1.807) is 12.4 Å². The largest absolute Gasteiger partial charge is 0.347 e. The molecule has 2 heterocycles. The predicted octanol–water partition coefficient (Wildman–Crippen LogP) is 2.95. The first-order valence-corrected chi connectivity index (χ1v) is 8.95. The topological polar surface area (TPSA) is 44.6 Å². The molecule has 0 N–H and O–H groups in total. The summed E-state index contributed by atoms with van der Waals surface area (Å²) in [4.78, 5) is 18.9. The number of aryl methyl sites for hydroxylation is 1. The smallest absolute Gasteiger partial charge is 0.344 e. The van der Waals surface area contributed by atoms with Gasteiger partial charge in [0.05, 0.1) is 18.1 Å². The molecule has 1 fully saturated rings. The molecule has 0 spiro atoms. The zero-order valence-electron chi connectivity index (χ0n) is 15.9. The van der Waals surface area contributed by atoms with Crippen LogP contribution < -0.4 is 4.90 Å². The lowest BCUT2D eigenvalue weighted by Crippen LogP contribution is -2.49. The summed E-state index contributed by atoms with van der Waals surface area (Å²) in [5.41, 5.74) is 4.38. The number of rotatable bonds is 4. The molecule has 1 aromatic heterocycles. The highest BCUT2D eigenvalue weighted by Gasteiger charge is 2.23. The third-order valence-electron chi connectivity index (χ3n) is 4.86. The van der Waals surface area contributed by atoms with Crippen LogP contribution in [0, 0.1) is 6.92 Å². The van der Waals surface area contributed by atoms with E-state index in [4.69, 9.17) is 0 Å². The van der Waals surface area contributed by atoms with Crippen LogP contribution >= 0.6 is 0 Å². The molecule has 26 heavy (non-hydrogen) atoms. The van der Waals surface area contributed by atoms with Gasteiger partial charge in [-0.15, -0.1) is 0 Å². The average molecular weight is 353 g/mol. The van der Waals surface area contributed by atoms with Gasteiger partial charge in [-0.1, -0.05) is 36.4 Å². The average Bonchev–Trinajstić information content (AvgIpc) is 3.11. The van der Waals surface area contributed by atoms with Crippen molar-refractivity contribution in [2.24, 2.45) is 0 Å². The van der Waals surface area contributed by atoms with Gasteiger partial charge in [-0.2, -0.15) is 9.78 Å². The second-order valence-electron chi connectivity index (χ2n) is 6.97. The lowest BCUT2D eigenvalue weighted by molar-refractivity contribution is 0.134. The van der Waals surface area contributed by atoms with E-state index < -0.39 is 0 Å². The monoisotopic (exact) mass is 353 g/mol. The van der Waals surface area contributed by atoms with Gasteiger partial charge in [-0.05, 0) is 19.4 Å². The Balaban J connectivity index is 1.56. The molecule has 1 aliphatic rings. The third kappa shape index (κ3) is 4.14. The molecule has 0 aliphatic carbocycles. The molecule has 138 valence electrons. The van der Waals surface area contributed by atoms with E-state index in [9.17, 15) is 4.79 Å². The molecule has 2 aromatic rings. The minimum atomic E-state index is -0.0680. The molecule has 1 amide bonds. The van der Waals surface area contributed by atoms with Gasteiger partial charge >= 0.3 is 6.03 Å². The summed E-state index contributed by atoms with van der Waals surface area (Å²) in [6.45, 7) is 12.1. The van der Waals surface area contributed by atoms with Crippen LogP contribution in [0.1, 0.15) is 18.1 Å². The number of carbonyl (C=O) groups is 1. The second kappa shape index (κ2) is 7.74. The van der Waals surface area contributed by atoms with E-state index in [2.05, 4.69) is 47.8 Å². The molecule has 0 bridgehead atoms. The van der Waals surface area contributed by atoms with Crippen LogP contribution in [0.5, 0.6) is 0 Å². The minimum absolute atomic E-state index is 0.0680. The number of carbonyl (C=O) groups excluding carboxylic acids is 1. The van der Waals surface area contributed by atoms with Gasteiger partial charge in [0.2, 0.25) is 0 Å². The molecule has 1 aromatic carbocycles. The highest BCUT2D eigenvalue weighted by atomic mass is 16.2. The third-order valence-corrected chi connectivity index (χ3v) is 4.86. The van der Waals surface area contributed by atoms with Crippen LogP contribution in [0.15, 0.2) is 48.9 Å². The number of hydrogen-bond acceptors (Lipinski definition) is 4. The Bertz CT molecular complexity index is 789. The van der Waals surface area contributed by atoms with Gasteiger partial charge in [0.1, 0.15) is 0 Å². The summed E-state index contributed by atoms with van der Waals surface area (Å²) in [6.07, 6.45) is 3.46. The number of benzene rings is 1. The Hall–Kier alpha value is -2.60. The lowest BCUT2D eigenvalue weighted by Gasteiger charge is -2.34. The Labute approximate surface area is 155 Å². The molecule has 0 atom stereocenters. The van der Waals surface area contributed by atoms with Crippen molar-refractivity contribution in [3.63, 3.8) is 0 Å². The predicted molar refractivity (Wildman–Crippen MR) is 104 cm³/mol. The number of piperazine rings is 1. The van der Waals surface area contributed by atoms with Crippen molar-refractivity contribution < 1.29 is 4.79 Å². The summed E-state index contributed by atoms with van der Waals surface area (Å²) in [5, 5.41) is 4.22. The zero-order valence-corrected chi connectivity index (χ0v) is 15.9. The summed E-state index contributed by atoms with van der Waals surface area (Å²) >= 11 is 0. The van der Waals surface area contributed by atoms with Crippen LogP contribution in [-0.4, -0.2) is 58.8 Å². The summed E-state index contributed by atoms with van der Waals surface area (Å²) in [5.74, 6) is 0. The van der Waals surface area contributed by atoms with Gasteiger partial charge in [0.25, 0.3) is 0 Å². The first kappa shape index (κ1) is 18.2. The van der Waals surface area contributed by atoms with E-state index in [-0.39, 0.29) is 6.03 Å². The fraction of sp³-hybridized carbons (Fsp3) is 0.400. The number of amides is 1. The maximum Gasteiger partial charge on any atom is 0.344 e. The highest BCUT2D eigenvalue weighted by molar-refractivity contribution is 5.77. The fourth-order valence-corrected chi connectivity index (χ4v) is 3.12. The Morgan fingerprint density at radius 2 is 2.00 bits per heavy atom. The Kier molecular flexibility index (Phi) is 5.42. The number of allylic oxidation sites excluding steroid dienone is 1. The summed E-state index contributed by atoms with van der Waals surface area (Å²) < 4.78 is 1.42. The Morgan fingerprint density at radius 1 is 1.27 bits per heavy atom. The molecule has 0 saturated carbocycles. The van der Waals surface area contributed by atoms with E-state index in [1.807, 2.05) is 23.8 Å². The quantitative estimate of drug-likeness (QED) is 0.848. The maximum atomic E-state index is 12.7. The first-order chi connectivity index (χ1) is 12.4. The van der Waals surface area contributed by atoms with Crippen molar-refractivity contribution in [3.8, 4) is 0 Å². The van der Waals surface area contributed by atoms with Crippen molar-refractivity contribution in [3.05, 3.63) is 60.1 Å². The number of nitrogens with zero attached hydrogens (tertiary/aromatic N) is 5. The molecular weight excluding hydrogens is 326 g/mol. The van der Waals surface area contributed by atoms with Gasteiger partial charge in [-0.25, -0.2) is 4.79 Å². The van der Waals surface area contributed by atoms with Gasteiger partial charge < -0.3 is 9.80 Å². The summed E-state index contributed by atoms with van der Waals surface area (Å²) in [7, 11) is 1.91. The van der Waals surface area contributed by atoms with E-state index in [0.29, 0.717) is 0 Å². The first-order valence-electron chi connectivity index (χ1n) is 8.95. The molecule has 1 saturated heterocycles. The molecule has 1 aliphatic heterocycles. The maximum absolute atomic E-state index is 12.7. The number of hydrogen-bond donors (Lipinski definition) is 0. The molecule has 6 heteroatoms. The van der Waals surface area contributed by atoms with Crippen molar-refractivity contribution in [1.82, 2.24) is 19.6 Å². The van der Waals surface area contributed by atoms with Crippen molar-refractivity contribution in [2.75, 3.05) is 38.1 Å².